The van der Waals surface area contributed by atoms with E-state index in [1.807, 2.05) is 60.7 Å². The summed E-state index contributed by atoms with van der Waals surface area (Å²) in [7, 11) is -2.23. The molecule has 0 aliphatic carbocycles. The van der Waals surface area contributed by atoms with Crippen molar-refractivity contribution >= 4 is 33.6 Å². The Morgan fingerprint density at radius 1 is 0.771 bits per heavy atom. The number of pyridine rings is 1. The number of para-hydroxylation sites is 2. The van der Waals surface area contributed by atoms with Gasteiger partial charge in [0.25, 0.3) is 0 Å². The van der Waals surface area contributed by atoms with Gasteiger partial charge in [-0.3, -0.25) is 0 Å². The Morgan fingerprint density at radius 3 is 2.10 bits per heavy atom. The summed E-state index contributed by atoms with van der Waals surface area (Å²) in [4.78, 5) is 2.08. The summed E-state index contributed by atoms with van der Waals surface area (Å²) in [5.74, 6) is -0.405. The number of benzene rings is 4. The molecule has 4 aromatic carbocycles. The third-order valence-corrected chi connectivity index (χ3v) is 9.30. The standard InChI is InChI=1S/C41H39N3O3S/c1-31-17-21-33(22-18-31)36-29-39(44(42(3)37-12-5-4-6-13-37)41(30-36)35-23-19-32(2)20-24-35)15-9-14-38-26-25-34-11-7-8-16-40(34)43(38)27-10-28-48(45,46)47/h4-9,11-26,29-30H,10,27-28H2,1-3H3. The third kappa shape index (κ3) is 7.65. The Labute approximate surface area is 284 Å². The molecule has 0 spiro atoms. The first kappa shape index (κ1) is 32.7. The van der Waals surface area contributed by atoms with Gasteiger partial charge in [-0.25, -0.2) is 8.42 Å². The molecule has 0 saturated carbocycles. The number of rotatable bonds is 10. The first-order chi connectivity index (χ1) is 23.2. The molecule has 0 atom stereocenters. The van der Waals surface area contributed by atoms with E-state index in [-0.39, 0.29) is 6.42 Å². The highest BCUT2D eigenvalue weighted by Gasteiger charge is 2.25. The van der Waals surface area contributed by atoms with E-state index in [9.17, 15) is 13.0 Å². The summed E-state index contributed by atoms with van der Waals surface area (Å²) >= 11 is 0. The van der Waals surface area contributed by atoms with Crippen molar-refractivity contribution in [3.63, 3.8) is 0 Å². The van der Waals surface area contributed by atoms with Crippen molar-refractivity contribution in [1.82, 2.24) is 0 Å². The molecule has 6 rings (SSSR count). The molecule has 2 heterocycles. The van der Waals surface area contributed by atoms with Gasteiger partial charge in [-0.05, 0) is 79.4 Å². The smallest absolute Gasteiger partial charge is 0.244 e. The van der Waals surface area contributed by atoms with Crippen molar-refractivity contribution in [3.8, 4) is 22.4 Å². The lowest BCUT2D eigenvalue weighted by Gasteiger charge is -2.30. The van der Waals surface area contributed by atoms with Gasteiger partial charge in [0.2, 0.25) is 11.4 Å². The normalized spacial score (nSPS) is 13.7. The zero-order valence-electron chi connectivity index (χ0n) is 27.5. The molecule has 0 fully saturated rings. The van der Waals surface area contributed by atoms with E-state index in [1.54, 1.807) is 0 Å². The molecule has 48 heavy (non-hydrogen) atoms. The Bertz CT molecular complexity index is 2100. The van der Waals surface area contributed by atoms with Gasteiger partial charge in [0, 0.05) is 47.5 Å². The fourth-order valence-corrected chi connectivity index (χ4v) is 6.47. The van der Waals surface area contributed by atoms with Crippen molar-refractivity contribution in [2.24, 2.45) is 0 Å². The minimum absolute atomic E-state index is 0.232. The summed E-state index contributed by atoms with van der Waals surface area (Å²) in [5, 5.41) is 2.16. The Morgan fingerprint density at radius 2 is 1.42 bits per heavy atom. The molecule has 0 radical (unpaired) electrons. The lowest BCUT2D eigenvalue weighted by Crippen LogP contribution is -2.55. The molecule has 6 nitrogen and oxygen atoms in total. The molecule has 0 saturated heterocycles. The Hall–Kier alpha value is -5.24. The predicted octanol–water partition coefficient (Wildman–Crippen LogP) is 8.19. The highest BCUT2D eigenvalue weighted by Crippen LogP contribution is 2.32. The number of hydrogen-bond donors (Lipinski definition) is 0. The minimum atomic E-state index is -4.30. The van der Waals surface area contributed by atoms with E-state index in [2.05, 4.69) is 120 Å². The average Bonchev–Trinajstić information content (AvgIpc) is 3.09. The van der Waals surface area contributed by atoms with Crippen molar-refractivity contribution in [1.29, 1.82) is 0 Å². The number of hydrogen-bond acceptors (Lipinski definition) is 5. The van der Waals surface area contributed by atoms with E-state index in [1.165, 1.54) is 11.1 Å². The summed E-state index contributed by atoms with van der Waals surface area (Å²) in [5.41, 5.74) is 11.7. The molecule has 7 heteroatoms. The molecule has 1 aliphatic heterocycles. The van der Waals surface area contributed by atoms with Crippen LogP contribution in [0, 0.1) is 13.8 Å². The van der Waals surface area contributed by atoms with Crippen molar-refractivity contribution in [2.75, 3.05) is 29.3 Å². The predicted molar refractivity (Wildman–Crippen MR) is 196 cm³/mol. The number of nitrogens with zero attached hydrogens (tertiary/aromatic N) is 3. The monoisotopic (exact) mass is 653 g/mol. The molecule has 0 bridgehead atoms. The molecule has 1 aliphatic rings. The van der Waals surface area contributed by atoms with E-state index < -0.39 is 15.9 Å². The fourth-order valence-electron chi connectivity index (χ4n) is 5.98. The van der Waals surface area contributed by atoms with Crippen molar-refractivity contribution < 1.29 is 17.6 Å². The second-order valence-corrected chi connectivity index (χ2v) is 13.6. The summed E-state index contributed by atoms with van der Waals surface area (Å²) in [6.07, 6.45) is 10.5. The van der Waals surface area contributed by atoms with Crippen LogP contribution in [-0.2, 0) is 10.1 Å². The van der Waals surface area contributed by atoms with Gasteiger partial charge in [-0.15, -0.1) is 0 Å². The lowest BCUT2D eigenvalue weighted by atomic mass is 10.00. The molecule has 5 aromatic rings. The first-order valence-electron chi connectivity index (χ1n) is 16.1. The van der Waals surface area contributed by atoms with Crippen LogP contribution in [0.25, 0.3) is 34.5 Å². The van der Waals surface area contributed by atoms with Crippen LogP contribution in [-0.4, -0.2) is 32.3 Å². The maximum Gasteiger partial charge on any atom is 0.244 e. The highest BCUT2D eigenvalue weighted by atomic mass is 32.2. The van der Waals surface area contributed by atoms with Crippen LogP contribution in [0.1, 0.15) is 28.8 Å². The van der Waals surface area contributed by atoms with Crippen LogP contribution in [0.3, 0.4) is 0 Å². The zero-order chi connectivity index (χ0) is 33.7. The van der Waals surface area contributed by atoms with Gasteiger partial charge >= 0.3 is 0 Å². The number of allylic oxidation sites excluding steroid dienone is 3. The molecule has 0 N–H and O–H groups in total. The highest BCUT2D eigenvalue weighted by molar-refractivity contribution is 7.85. The van der Waals surface area contributed by atoms with Gasteiger partial charge in [0.1, 0.15) is 0 Å². The first-order valence-corrected chi connectivity index (χ1v) is 17.6. The van der Waals surface area contributed by atoms with Crippen LogP contribution in [0.15, 0.2) is 139 Å². The molecular formula is C41H39N3O3S. The van der Waals surface area contributed by atoms with Gasteiger partial charge in [-0.2, -0.15) is 5.01 Å². The summed E-state index contributed by atoms with van der Waals surface area (Å²) in [6.45, 7) is 4.59. The summed E-state index contributed by atoms with van der Waals surface area (Å²) in [6, 6.07) is 39.9. The van der Waals surface area contributed by atoms with Crippen molar-refractivity contribution in [2.45, 2.75) is 20.3 Å². The minimum Gasteiger partial charge on any atom is -0.748 e. The largest absolute Gasteiger partial charge is 0.748 e. The van der Waals surface area contributed by atoms with Crippen LogP contribution in [0.4, 0.5) is 11.4 Å². The van der Waals surface area contributed by atoms with E-state index >= 15 is 0 Å². The topological polar surface area (TPSA) is 67.6 Å². The van der Waals surface area contributed by atoms with Gasteiger partial charge in [0.05, 0.1) is 22.9 Å². The Balaban J connectivity index is 1.48. The van der Waals surface area contributed by atoms with Gasteiger partial charge < -0.3 is 9.45 Å². The maximum absolute atomic E-state index is 11.4. The average molecular weight is 654 g/mol. The second kappa shape index (κ2) is 14.3. The lowest BCUT2D eigenvalue weighted by molar-refractivity contribution is -0.672. The van der Waals surface area contributed by atoms with E-state index in [0.29, 0.717) is 6.54 Å². The Kier molecular flexibility index (Phi) is 9.71. The van der Waals surface area contributed by atoms with E-state index in [4.69, 9.17) is 0 Å². The fraction of sp³-hybridized carbons (Fsp3) is 0.146. The molecule has 0 unspecified atom stereocenters. The van der Waals surface area contributed by atoms with Gasteiger partial charge in [0.15, 0.2) is 0 Å². The summed E-state index contributed by atoms with van der Waals surface area (Å²) < 4.78 is 36.4. The quantitative estimate of drug-likeness (QED) is 0.112. The molecule has 1 aromatic heterocycles. The van der Waals surface area contributed by atoms with Crippen LogP contribution in [0.5, 0.6) is 0 Å². The second-order valence-electron chi connectivity index (χ2n) is 12.1. The number of aromatic nitrogens is 1. The molecule has 0 amide bonds. The molecular weight excluding hydrogens is 615 g/mol. The van der Waals surface area contributed by atoms with Crippen LogP contribution in [0.2, 0.25) is 0 Å². The number of anilines is 2. The SMILES string of the molecule is Cc1ccc(-c2cc(/C=C/C=C3\C=Cc4ccccc4N3CCCS(=O)(=O)[O-])[n+](N(C)c3ccccc3)c(-c3ccc(C)cc3)c2)cc1. The number of fused-ring (bicyclic) bond motifs is 1. The molecule has 242 valence electrons. The van der Waals surface area contributed by atoms with Gasteiger partial charge in [-0.1, -0.05) is 101 Å². The van der Waals surface area contributed by atoms with Crippen LogP contribution >= 0.6 is 0 Å². The maximum atomic E-state index is 11.4. The van der Waals surface area contributed by atoms with Crippen molar-refractivity contribution in [3.05, 3.63) is 162 Å². The van der Waals surface area contributed by atoms with Crippen LogP contribution < -0.4 is 14.6 Å². The van der Waals surface area contributed by atoms with E-state index in [0.717, 1.165) is 50.7 Å². The number of aryl methyl sites for hydroxylation is 2. The third-order valence-electron chi connectivity index (χ3n) is 8.51. The zero-order valence-corrected chi connectivity index (χ0v) is 28.3.